The number of nitrogens with zero attached hydrogens (tertiary/aromatic N) is 1. The lowest BCUT2D eigenvalue weighted by Gasteiger charge is -2.31. The zero-order chi connectivity index (χ0) is 18.4. The number of hydrogen-bond donors (Lipinski definition) is 2. The number of guanidine groups is 1. The number of rotatable bonds is 5. The number of nitrogens with one attached hydrogen (secondary N) is 2. The van der Waals surface area contributed by atoms with Crippen LogP contribution in [0, 0.1) is 11.8 Å². The quantitative estimate of drug-likeness (QED) is 0.560. The fraction of sp³-hybridized carbons (Fsp3) is 0.947. The molecule has 3 rings (SSSR count). The van der Waals surface area contributed by atoms with Gasteiger partial charge in [-0.25, -0.2) is 8.42 Å². The van der Waals surface area contributed by atoms with E-state index in [9.17, 15) is 8.42 Å². The predicted octanol–water partition coefficient (Wildman–Crippen LogP) is 2.10. The van der Waals surface area contributed by atoms with E-state index >= 15 is 0 Å². The van der Waals surface area contributed by atoms with E-state index in [0.717, 1.165) is 44.4 Å². The van der Waals surface area contributed by atoms with Gasteiger partial charge in [-0.2, -0.15) is 0 Å². The average molecular weight is 386 g/mol. The molecule has 6 nitrogen and oxygen atoms in total. The molecule has 3 aliphatic rings. The maximum atomic E-state index is 11.7. The number of hydrogen-bond acceptors (Lipinski definition) is 4. The standard InChI is InChI=1S/C19H35N3O3S/c1-2-15-3-5-17(6-4-15)21-19(22-18-7-10-25-11-8-18)20-13-16-9-12-26(23,24)14-16/h15-18H,2-14H2,1H3,(H2,20,21,22). The van der Waals surface area contributed by atoms with Gasteiger partial charge < -0.3 is 15.4 Å². The summed E-state index contributed by atoms with van der Waals surface area (Å²) in [5.41, 5.74) is 0. The van der Waals surface area contributed by atoms with E-state index in [2.05, 4.69) is 17.6 Å². The smallest absolute Gasteiger partial charge is 0.191 e. The lowest BCUT2D eigenvalue weighted by atomic mass is 9.84. The van der Waals surface area contributed by atoms with E-state index < -0.39 is 9.84 Å². The van der Waals surface area contributed by atoms with Crippen molar-refractivity contribution in [3.8, 4) is 0 Å². The van der Waals surface area contributed by atoms with Crippen LogP contribution < -0.4 is 10.6 Å². The monoisotopic (exact) mass is 385 g/mol. The Morgan fingerprint density at radius 2 is 1.62 bits per heavy atom. The van der Waals surface area contributed by atoms with Crippen molar-refractivity contribution in [3.63, 3.8) is 0 Å². The first-order valence-electron chi connectivity index (χ1n) is 10.4. The molecule has 1 aliphatic carbocycles. The van der Waals surface area contributed by atoms with Gasteiger partial charge in [0.25, 0.3) is 0 Å². The molecule has 7 heteroatoms. The second-order valence-electron chi connectivity index (χ2n) is 8.26. The van der Waals surface area contributed by atoms with Crippen LogP contribution in [0.25, 0.3) is 0 Å². The van der Waals surface area contributed by atoms with Crippen molar-refractivity contribution in [2.24, 2.45) is 16.8 Å². The van der Waals surface area contributed by atoms with E-state index in [1.165, 1.54) is 32.1 Å². The summed E-state index contributed by atoms with van der Waals surface area (Å²) in [6.07, 6.45) is 9.01. The topological polar surface area (TPSA) is 79.8 Å². The van der Waals surface area contributed by atoms with Gasteiger partial charge in [0.15, 0.2) is 15.8 Å². The summed E-state index contributed by atoms with van der Waals surface area (Å²) in [6.45, 7) is 4.48. The molecule has 2 N–H and O–H groups in total. The molecular formula is C19H35N3O3S. The zero-order valence-corrected chi connectivity index (χ0v) is 16.9. The van der Waals surface area contributed by atoms with Crippen LogP contribution in [0.15, 0.2) is 4.99 Å². The highest BCUT2D eigenvalue weighted by atomic mass is 32.2. The van der Waals surface area contributed by atoms with E-state index in [1.807, 2.05) is 0 Å². The molecule has 26 heavy (non-hydrogen) atoms. The third-order valence-electron chi connectivity index (χ3n) is 6.16. The molecule has 0 aromatic carbocycles. The van der Waals surface area contributed by atoms with Gasteiger partial charge in [0.05, 0.1) is 11.5 Å². The molecule has 2 saturated heterocycles. The minimum atomic E-state index is -2.83. The van der Waals surface area contributed by atoms with Gasteiger partial charge in [0.2, 0.25) is 0 Å². The molecule has 0 radical (unpaired) electrons. The van der Waals surface area contributed by atoms with Gasteiger partial charge in [-0.15, -0.1) is 0 Å². The van der Waals surface area contributed by atoms with E-state index in [4.69, 9.17) is 9.73 Å². The van der Waals surface area contributed by atoms with Crippen molar-refractivity contribution >= 4 is 15.8 Å². The summed E-state index contributed by atoms with van der Waals surface area (Å²) in [4.78, 5) is 4.79. The minimum absolute atomic E-state index is 0.170. The molecule has 1 unspecified atom stereocenters. The van der Waals surface area contributed by atoms with Crippen LogP contribution in [-0.4, -0.2) is 57.7 Å². The highest BCUT2D eigenvalue weighted by Crippen LogP contribution is 2.26. The lowest BCUT2D eigenvalue weighted by molar-refractivity contribution is 0.0821. The van der Waals surface area contributed by atoms with Crippen molar-refractivity contribution in [1.29, 1.82) is 0 Å². The first-order valence-corrected chi connectivity index (χ1v) is 12.2. The lowest BCUT2D eigenvalue weighted by Crippen LogP contribution is -2.50. The summed E-state index contributed by atoms with van der Waals surface area (Å²) < 4.78 is 28.8. The van der Waals surface area contributed by atoms with Gasteiger partial charge >= 0.3 is 0 Å². The van der Waals surface area contributed by atoms with Gasteiger partial charge in [-0.3, -0.25) is 4.99 Å². The highest BCUT2D eigenvalue weighted by molar-refractivity contribution is 7.91. The van der Waals surface area contributed by atoms with E-state index in [0.29, 0.717) is 30.1 Å². The summed E-state index contributed by atoms with van der Waals surface area (Å²) >= 11 is 0. The number of sulfone groups is 1. The Kier molecular flexibility index (Phi) is 7.20. The third-order valence-corrected chi connectivity index (χ3v) is 8.00. The molecule has 0 bridgehead atoms. The second-order valence-corrected chi connectivity index (χ2v) is 10.5. The highest BCUT2D eigenvalue weighted by Gasteiger charge is 2.28. The van der Waals surface area contributed by atoms with Crippen LogP contribution in [0.2, 0.25) is 0 Å². The van der Waals surface area contributed by atoms with Crippen molar-refractivity contribution in [2.45, 2.75) is 70.4 Å². The fourth-order valence-electron chi connectivity index (χ4n) is 4.31. The van der Waals surface area contributed by atoms with Crippen LogP contribution >= 0.6 is 0 Å². The Balaban J connectivity index is 1.56. The predicted molar refractivity (Wildman–Crippen MR) is 105 cm³/mol. The fourth-order valence-corrected chi connectivity index (χ4v) is 6.16. The maximum absolute atomic E-state index is 11.7. The molecule has 2 aliphatic heterocycles. The minimum Gasteiger partial charge on any atom is -0.381 e. The van der Waals surface area contributed by atoms with Gasteiger partial charge in [-0.1, -0.05) is 13.3 Å². The Labute approximate surface area is 158 Å². The van der Waals surface area contributed by atoms with E-state index in [-0.39, 0.29) is 5.92 Å². The van der Waals surface area contributed by atoms with Crippen LogP contribution in [0.1, 0.15) is 58.3 Å². The molecule has 1 saturated carbocycles. The Bertz CT molecular complexity index is 565. The third kappa shape index (κ3) is 6.12. The Morgan fingerprint density at radius 3 is 2.19 bits per heavy atom. The Morgan fingerprint density at radius 1 is 0.962 bits per heavy atom. The summed E-state index contributed by atoms with van der Waals surface area (Å²) in [5, 5.41) is 7.22. The maximum Gasteiger partial charge on any atom is 0.191 e. The van der Waals surface area contributed by atoms with Crippen LogP contribution in [-0.2, 0) is 14.6 Å². The molecule has 0 spiro atoms. The van der Waals surface area contributed by atoms with Crippen LogP contribution in [0.5, 0.6) is 0 Å². The van der Waals surface area contributed by atoms with Crippen LogP contribution in [0.3, 0.4) is 0 Å². The molecular weight excluding hydrogens is 350 g/mol. The van der Waals surface area contributed by atoms with Crippen molar-refractivity contribution in [1.82, 2.24) is 10.6 Å². The van der Waals surface area contributed by atoms with Gasteiger partial charge in [0.1, 0.15) is 0 Å². The van der Waals surface area contributed by atoms with Gasteiger partial charge in [-0.05, 0) is 56.8 Å². The SMILES string of the molecule is CCC1CCC(NC(=NCC2CCS(=O)(=O)C2)NC2CCOCC2)CC1. The summed E-state index contributed by atoms with van der Waals surface area (Å²) in [5.74, 6) is 2.54. The normalized spacial score (nSPS) is 33.1. The molecule has 150 valence electrons. The van der Waals surface area contributed by atoms with E-state index in [1.54, 1.807) is 0 Å². The summed E-state index contributed by atoms with van der Waals surface area (Å²) in [7, 11) is -2.83. The molecule has 3 fully saturated rings. The first-order chi connectivity index (χ1) is 12.5. The molecule has 0 aromatic heterocycles. The zero-order valence-electron chi connectivity index (χ0n) is 16.1. The first kappa shape index (κ1) is 19.9. The second kappa shape index (κ2) is 9.40. The molecule has 0 aromatic rings. The summed E-state index contributed by atoms with van der Waals surface area (Å²) in [6, 6.07) is 0.880. The number of ether oxygens (including phenoxy) is 1. The van der Waals surface area contributed by atoms with Crippen LogP contribution in [0.4, 0.5) is 0 Å². The van der Waals surface area contributed by atoms with Crippen molar-refractivity contribution < 1.29 is 13.2 Å². The van der Waals surface area contributed by atoms with Gasteiger partial charge in [0, 0.05) is 31.8 Å². The average Bonchev–Trinajstić information content (AvgIpc) is 3.00. The largest absolute Gasteiger partial charge is 0.381 e. The molecule has 1 atom stereocenters. The molecule has 2 heterocycles. The number of aliphatic imine (C=N–C) groups is 1. The molecule has 0 amide bonds. The van der Waals surface area contributed by atoms with Crippen molar-refractivity contribution in [3.05, 3.63) is 0 Å². The van der Waals surface area contributed by atoms with Crippen molar-refractivity contribution in [2.75, 3.05) is 31.3 Å². The Hall–Kier alpha value is -0.820.